The Kier molecular flexibility index (Phi) is 2.40. The van der Waals surface area contributed by atoms with Gasteiger partial charge < -0.3 is 19.7 Å². The molecule has 0 amide bonds. The van der Waals surface area contributed by atoms with Crippen LogP contribution < -0.4 is 0 Å². The van der Waals surface area contributed by atoms with Gasteiger partial charge in [0.15, 0.2) is 5.41 Å². The summed E-state index contributed by atoms with van der Waals surface area (Å²) in [5.74, 6) is -2.61. The van der Waals surface area contributed by atoms with E-state index in [2.05, 4.69) is 0 Å². The van der Waals surface area contributed by atoms with E-state index in [0.29, 0.717) is 13.2 Å². The molecule has 2 fully saturated rings. The summed E-state index contributed by atoms with van der Waals surface area (Å²) < 4.78 is 9.80. The molecule has 0 bridgehead atoms. The second kappa shape index (κ2) is 3.46. The van der Waals surface area contributed by atoms with E-state index in [4.69, 9.17) is 19.7 Å². The van der Waals surface area contributed by atoms with Gasteiger partial charge in [0, 0.05) is 12.8 Å². The average Bonchev–Trinajstić information content (AvgIpc) is 2.94. The highest BCUT2D eigenvalue weighted by molar-refractivity contribution is 5.98. The van der Waals surface area contributed by atoms with Gasteiger partial charge in [0.25, 0.3) is 0 Å². The summed E-state index contributed by atoms with van der Waals surface area (Å²) in [6.45, 7) is 0.904. The largest absolute Gasteiger partial charge is 0.480 e. The van der Waals surface area contributed by atoms with E-state index in [9.17, 15) is 9.59 Å². The zero-order valence-corrected chi connectivity index (χ0v) is 8.01. The molecule has 2 rings (SSSR count). The standard InChI is InChI=1S/C9H12O6/c10-7(11)9(8(12)13,1-5-3-14-5)2-6-4-15-6/h5-6H,1-4H2,(H,10,11)(H,12,13). The van der Waals surface area contributed by atoms with E-state index in [-0.39, 0.29) is 25.0 Å². The van der Waals surface area contributed by atoms with Gasteiger partial charge in [0.05, 0.1) is 25.4 Å². The minimum Gasteiger partial charge on any atom is -0.480 e. The lowest BCUT2D eigenvalue weighted by molar-refractivity contribution is -0.166. The molecule has 0 aromatic heterocycles. The first-order valence-corrected chi connectivity index (χ1v) is 4.74. The molecule has 0 aromatic carbocycles. The number of epoxide rings is 2. The highest BCUT2D eigenvalue weighted by atomic mass is 16.6. The van der Waals surface area contributed by atoms with Gasteiger partial charge in [-0.3, -0.25) is 9.59 Å². The molecule has 6 heteroatoms. The van der Waals surface area contributed by atoms with Crippen LogP contribution in [-0.4, -0.2) is 47.6 Å². The number of ether oxygens (including phenoxy) is 2. The van der Waals surface area contributed by atoms with Crippen LogP contribution in [0.3, 0.4) is 0 Å². The second-order valence-electron chi connectivity index (χ2n) is 4.01. The van der Waals surface area contributed by atoms with Crippen LogP contribution in [0.4, 0.5) is 0 Å². The minimum atomic E-state index is -1.75. The van der Waals surface area contributed by atoms with E-state index in [0.717, 1.165) is 0 Å². The quantitative estimate of drug-likeness (QED) is 0.468. The Labute approximate surface area is 85.8 Å². The Morgan fingerprint density at radius 2 is 1.40 bits per heavy atom. The molecule has 2 saturated heterocycles. The molecule has 2 N–H and O–H groups in total. The van der Waals surface area contributed by atoms with Crippen molar-refractivity contribution in [1.82, 2.24) is 0 Å². The zero-order valence-electron chi connectivity index (χ0n) is 8.01. The van der Waals surface area contributed by atoms with Crippen LogP contribution in [0.5, 0.6) is 0 Å². The fourth-order valence-corrected chi connectivity index (χ4v) is 1.67. The van der Waals surface area contributed by atoms with Crippen molar-refractivity contribution in [3.63, 3.8) is 0 Å². The Morgan fingerprint density at radius 3 is 1.60 bits per heavy atom. The summed E-state index contributed by atoms with van der Waals surface area (Å²) in [5, 5.41) is 18.1. The molecule has 84 valence electrons. The Hall–Kier alpha value is -1.14. The summed E-state index contributed by atoms with van der Waals surface area (Å²) in [6, 6.07) is 0. The van der Waals surface area contributed by atoms with E-state index in [1.165, 1.54) is 0 Å². The maximum atomic E-state index is 11.1. The summed E-state index contributed by atoms with van der Waals surface area (Å²) in [6.07, 6.45) is -0.401. The molecule has 15 heavy (non-hydrogen) atoms. The van der Waals surface area contributed by atoms with Crippen LogP contribution >= 0.6 is 0 Å². The van der Waals surface area contributed by atoms with Gasteiger partial charge in [-0.25, -0.2) is 0 Å². The van der Waals surface area contributed by atoms with Gasteiger partial charge in [-0.2, -0.15) is 0 Å². The van der Waals surface area contributed by atoms with Crippen molar-refractivity contribution in [3.8, 4) is 0 Å². The number of aliphatic carboxylic acids is 2. The molecule has 2 aliphatic rings. The van der Waals surface area contributed by atoms with Gasteiger partial charge in [-0.15, -0.1) is 0 Å². The van der Waals surface area contributed by atoms with E-state index in [1.807, 2.05) is 0 Å². The molecular weight excluding hydrogens is 204 g/mol. The number of hydrogen-bond donors (Lipinski definition) is 2. The summed E-state index contributed by atoms with van der Waals surface area (Å²) >= 11 is 0. The topological polar surface area (TPSA) is 99.7 Å². The Balaban J connectivity index is 2.13. The van der Waals surface area contributed by atoms with Crippen molar-refractivity contribution in [1.29, 1.82) is 0 Å². The highest BCUT2D eigenvalue weighted by Crippen LogP contribution is 2.38. The zero-order chi connectivity index (χ0) is 11.1. The van der Waals surface area contributed by atoms with Crippen molar-refractivity contribution in [2.45, 2.75) is 25.0 Å². The molecule has 2 unspecified atom stereocenters. The summed E-state index contributed by atoms with van der Waals surface area (Å²) in [4.78, 5) is 22.2. The molecule has 0 aromatic rings. The third kappa shape index (κ3) is 2.10. The van der Waals surface area contributed by atoms with Crippen molar-refractivity contribution in [3.05, 3.63) is 0 Å². The fourth-order valence-electron chi connectivity index (χ4n) is 1.67. The van der Waals surface area contributed by atoms with Crippen LogP contribution in [-0.2, 0) is 19.1 Å². The summed E-state index contributed by atoms with van der Waals surface area (Å²) in [7, 11) is 0. The van der Waals surface area contributed by atoms with Crippen molar-refractivity contribution >= 4 is 11.9 Å². The molecule has 6 nitrogen and oxygen atoms in total. The van der Waals surface area contributed by atoms with Crippen molar-refractivity contribution in [2.24, 2.45) is 5.41 Å². The smallest absolute Gasteiger partial charge is 0.321 e. The SMILES string of the molecule is O=C(O)C(CC1CO1)(CC1CO1)C(=O)O. The van der Waals surface area contributed by atoms with Crippen molar-refractivity contribution < 1.29 is 29.3 Å². The monoisotopic (exact) mass is 216 g/mol. The first-order valence-electron chi connectivity index (χ1n) is 4.74. The van der Waals surface area contributed by atoms with Gasteiger partial charge in [0.2, 0.25) is 0 Å². The maximum Gasteiger partial charge on any atom is 0.321 e. The second-order valence-corrected chi connectivity index (χ2v) is 4.01. The molecule has 0 saturated carbocycles. The third-order valence-corrected chi connectivity index (χ3v) is 2.78. The predicted octanol–water partition coefficient (Wildman–Crippen LogP) is -0.280. The average molecular weight is 216 g/mol. The number of rotatable bonds is 6. The van der Waals surface area contributed by atoms with E-state index in [1.54, 1.807) is 0 Å². The van der Waals surface area contributed by atoms with Crippen LogP contribution in [0.2, 0.25) is 0 Å². The number of carboxylic acids is 2. The maximum absolute atomic E-state index is 11.1. The molecule has 2 heterocycles. The lowest BCUT2D eigenvalue weighted by Crippen LogP contribution is -2.41. The van der Waals surface area contributed by atoms with Crippen LogP contribution in [0.15, 0.2) is 0 Å². The van der Waals surface area contributed by atoms with E-state index >= 15 is 0 Å². The molecule has 2 aliphatic heterocycles. The Morgan fingerprint density at radius 1 is 1.07 bits per heavy atom. The molecular formula is C9H12O6. The molecule has 0 spiro atoms. The van der Waals surface area contributed by atoms with Gasteiger partial charge in [0.1, 0.15) is 0 Å². The number of carbonyl (C=O) groups is 2. The highest BCUT2D eigenvalue weighted by Gasteiger charge is 2.53. The van der Waals surface area contributed by atoms with Gasteiger partial charge >= 0.3 is 11.9 Å². The third-order valence-electron chi connectivity index (χ3n) is 2.78. The first kappa shape index (κ1) is 10.4. The summed E-state index contributed by atoms with van der Waals surface area (Å²) in [5.41, 5.74) is -1.75. The molecule has 2 atom stereocenters. The fraction of sp³-hybridized carbons (Fsp3) is 0.778. The number of hydrogen-bond acceptors (Lipinski definition) is 4. The van der Waals surface area contributed by atoms with Crippen molar-refractivity contribution in [2.75, 3.05) is 13.2 Å². The molecule has 0 aliphatic carbocycles. The minimum absolute atomic E-state index is 0.0253. The lowest BCUT2D eigenvalue weighted by atomic mass is 9.79. The van der Waals surface area contributed by atoms with E-state index < -0.39 is 17.4 Å². The predicted molar refractivity (Wildman–Crippen MR) is 46.4 cm³/mol. The normalized spacial score (nSPS) is 28.5. The molecule has 0 radical (unpaired) electrons. The lowest BCUT2D eigenvalue weighted by Gasteiger charge is -2.22. The first-order chi connectivity index (χ1) is 7.04. The Bertz CT molecular complexity index is 261. The van der Waals surface area contributed by atoms with Gasteiger partial charge in [-0.05, 0) is 0 Å². The van der Waals surface area contributed by atoms with Gasteiger partial charge in [-0.1, -0.05) is 0 Å². The van der Waals surface area contributed by atoms with Crippen LogP contribution in [0.25, 0.3) is 0 Å². The van der Waals surface area contributed by atoms with Crippen LogP contribution in [0.1, 0.15) is 12.8 Å². The number of carboxylic acid groups (broad SMARTS) is 2. The van der Waals surface area contributed by atoms with Crippen LogP contribution in [0, 0.1) is 5.41 Å².